The van der Waals surface area contributed by atoms with E-state index in [0.717, 1.165) is 24.2 Å². The average molecular weight is 476 g/mol. The number of methoxy groups -OCH3 is 1. The Hall–Kier alpha value is -1.46. The number of nitrogens with zero attached hydrogens (tertiary/aromatic N) is 3. The van der Waals surface area contributed by atoms with Crippen LogP contribution in [0.2, 0.25) is 0 Å². The second kappa shape index (κ2) is 10.4. The van der Waals surface area contributed by atoms with Gasteiger partial charge in [0.25, 0.3) is 0 Å². The van der Waals surface area contributed by atoms with E-state index in [1.807, 2.05) is 29.6 Å². The van der Waals surface area contributed by atoms with Crippen LogP contribution in [-0.2, 0) is 22.4 Å². The van der Waals surface area contributed by atoms with Crippen molar-refractivity contribution in [3.8, 4) is 0 Å². The van der Waals surface area contributed by atoms with Crippen LogP contribution in [0.3, 0.4) is 0 Å². The first-order valence-electron chi connectivity index (χ1n) is 6.87. The molecular weight excluding hydrogens is 459 g/mol. The number of azo groups is 1. The van der Waals surface area contributed by atoms with Crippen molar-refractivity contribution in [3.63, 3.8) is 0 Å². The van der Waals surface area contributed by atoms with Gasteiger partial charge in [0.2, 0.25) is 5.91 Å². The van der Waals surface area contributed by atoms with Gasteiger partial charge in [0.15, 0.2) is 5.13 Å². The minimum Gasteiger partial charge on any atom is -0.472 e. The van der Waals surface area contributed by atoms with E-state index in [1.165, 1.54) is 30.9 Å². The number of halogens is 1. The van der Waals surface area contributed by atoms with Crippen LogP contribution in [0.5, 0.6) is 0 Å². The number of thiocarbonyl (C=S) groups is 1. The smallest absolute Gasteiger partial charge is 0.302 e. The van der Waals surface area contributed by atoms with Crippen molar-refractivity contribution in [1.29, 1.82) is 0 Å². The van der Waals surface area contributed by atoms with Crippen molar-refractivity contribution < 1.29 is 9.53 Å². The minimum atomic E-state index is -0.108. The zero-order valence-electron chi connectivity index (χ0n) is 13.2. The summed E-state index contributed by atoms with van der Waals surface area (Å²) in [5.41, 5.74) is 2.86. The quantitative estimate of drug-likeness (QED) is 0.391. The normalized spacial score (nSPS) is 10.2. The van der Waals surface area contributed by atoms with E-state index in [0.29, 0.717) is 5.13 Å². The number of aromatic nitrogens is 1. The molecular formula is C15H17IN4O2S2. The van der Waals surface area contributed by atoms with E-state index in [4.69, 9.17) is 17.0 Å². The number of nitrogens with one attached hydrogen (secondary N) is 1. The molecule has 9 heteroatoms. The van der Waals surface area contributed by atoms with Gasteiger partial charge >= 0.3 is 5.17 Å². The van der Waals surface area contributed by atoms with Gasteiger partial charge in [0.1, 0.15) is 0 Å². The summed E-state index contributed by atoms with van der Waals surface area (Å²) in [6.07, 6.45) is 1.67. The van der Waals surface area contributed by atoms with Crippen molar-refractivity contribution in [1.82, 2.24) is 4.98 Å². The molecule has 128 valence electrons. The summed E-state index contributed by atoms with van der Waals surface area (Å²) in [6, 6.07) is 7.73. The van der Waals surface area contributed by atoms with E-state index in [1.54, 1.807) is 0 Å². The van der Waals surface area contributed by atoms with Crippen LogP contribution in [-0.4, -0.2) is 23.2 Å². The van der Waals surface area contributed by atoms with Crippen LogP contribution in [0, 0.1) is 0 Å². The largest absolute Gasteiger partial charge is 0.472 e. The van der Waals surface area contributed by atoms with Crippen LogP contribution < -0.4 is 5.32 Å². The third kappa shape index (κ3) is 6.97. The van der Waals surface area contributed by atoms with Gasteiger partial charge in [-0.3, -0.25) is 4.79 Å². The minimum absolute atomic E-state index is 0. The average Bonchev–Trinajstić information content (AvgIpc) is 2.98. The highest BCUT2D eigenvalue weighted by atomic mass is 127. The maximum atomic E-state index is 11.0. The van der Waals surface area contributed by atoms with Crippen molar-refractivity contribution in [2.45, 2.75) is 19.8 Å². The second-order valence-electron chi connectivity index (χ2n) is 4.66. The second-order valence-corrected chi connectivity index (χ2v) is 5.87. The zero-order chi connectivity index (χ0) is 16.7. The molecule has 0 aliphatic rings. The summed E-state index contributed by atoms with van der Waals surface area (Å²) >= 11 is 6.22. The molecule has 0 radical (unpaired) electrons. The summed E-state index contributed by atoms with van der Waals surface area (Å²) in [5, 5.41) is 13.1. The number of ether oxygens (including phenoxy) is 1. The number of carbonyl (C=O) groups excluding carboxylic acids is 1. The number of hydrogen-bond acceptors (Lipinski definition) is 6. The number of anilines is 1. The fraction of sp³-hybridized carbons (Fsp3) is 0.267. The number of aryl methyl sites for hydroxylation is 2. The van der Waals surface area contributed by atoms with Gasteiger partial charge < -0.3 is 10.1 Å². The van der Waals surface area contributed by atoms with Crippen LogP contribution >= 0.6 is 47.5 Å². The molecule has 0 spiro atoms. The molecule has 0 bridgehead atoms. The molecule has 1 amide bonds. The van der Waals surface area contributed by atoms with E-state index in [-0.39, 0.29) is 35.1 Å². The fourth-order valence-corrected chi connectivity index (χ4v) is 2.60. The summed E-state index contributed by atoms with van der Waals surface area (Å²) < 4.78 is 4.75. The molecule has 0 unspecified atom stereocenters. The Balaban J connectivity index is 0.00000288. The van der Waals surface area contributed by atoms with Crippen LogP contribution in [0.25, 0.3) is 0 Å². The fourth-order valence-electron chi connectivity index (χ4n) is 1.77. The molecule has 0 aliphatic heterocycles. The Kier molecular flexibility index (Phi) is 8.93. The highest BCUT2D eigenvalue weighted by Gasteiger charge is 2.04. The third-order valence-corrected chi connectivity index (χ3v) is 3.92. The predicted octanol–water partition coefficient (Wildman–Crippen LogP) is 4.52. The Morgan fingerprint density at radius 3 is 2.67 bits per heavy atom. The maximum absolute atomic E-state index is 11.0. The summed E-state index contributed by atoms with van der Waals surface area (Å²) in [6.45, 7) is 1.47. The lowest BCUT2D eigenvalue weighted by Crippen LogP contribution is -2.05. The first-order valence-corrected chi connectivity index (χ1v) is 8.16. The van der Waals surface area contributed by atoms with Gasteiger partial charge in [-0.1, -0.05) is 17.2 Å². The standard InChI is InChI=1S/C15H16N4O2S2.HI/c1-10(20)16-14-17-13(9-23-14)8-5-11-3-6-12(7-4-11)18-19-15(22)21-2;/h3-4,6-7,9H,5,8H2,1-2H3,(H,16,17,20);1H. The van der Waals surface area contributed by atoms with Crippen molar-refractivity contribution in [3.05, 3.63) is 40.9 Å². The molecule has 1 aromatic heterocycles. The molecule has 1 aromatic carbocycles. The third-order valence-electron chi connectivity index (χ3n) is 2.86. The lowest BCUT2D eigenvalue weighted by Gasteiger charge is -2.00. The number of rotatable bonds is 5. The number of amides is 1. The predicted molar refractivity (Wildman–Crippen MR) is 110 cm³/mol. The van der Waals surface area contributed by atoms with Crippen molar-refractivity contribution in [2.24, 2.45) is 10.2 Å². The van der Waals surface area contributed by atoms with Gasteiger partial charge in [0.05, 0.1) is 18.5 Å². The van der Waals surface area contributed by atoms with E-state index in [2.05, 4.69) is 20.5 Å². The first kappa shape index (κ1) is 20.6. The van der Waals surface area contributed by atoms with Crippen molar-refractivity contribution >= 4 is 69.4 Å². The Morgan fingerprint density at radius 2 is 2.04 bits per heavy atom. The molecule has 24 heavy (non-hydrogen) atoms. The molecule has 6 nitrogen and oxygen atoms in total. The molecule has 0 saturated carbocycles. The lowest BCUT2D eigenvalue weighted by molar-refractivity contribution is -0.114. The highest BCUT2D eigenvalue weighted by Crippen LogP contribution is 2.18. The van der Waals surface area contributed by atoms with Gasteiger partial charge in [-0.2, -0.15) is 0 Å². The van der Waals surface area contributed by atoms with Gasteiger partial charge in [-0.15, -0.1) is 40.4 Å². The number of benzene rings is 1. The molecule has 1 heterocycles. The van der Waals surface area contributed by atoms with Crippen LogP contribution in [0.15, 0.2) is 39.9 Å². The molecule has 0 aliphatic carbocycles. The van der Waals surface area contributed by atoms with Crippen LogP contribution in [0.4, 0.5) is 10.8 Å². The summed E-state index contributed by atoms with van der Waals surface area (Å²) in [5.74, 6) is -0.108. The van der Waals surface area contributed by atoms with Gasteiger partial charge in [0, 0.05) is 12.3 Å². The molecule has 1 N–H and O–H groups in total. The summed E-state index contributed by atoms with van der Waals surface area (Å²) in [4.78, 5) is 15.3. The first-order chi connectivity index (χ1) is 11.1. The monoisotopic (exact) mass is 476 g/mol. The lowest BCUT2D eigenvalue weighted by atomic mass is 10.1. The zero-order valence-corrected chi connectivity index (χ0v) is 17.1. The molecule has 2 rings (SSSR count). The number of carbonyl (C=O) groups is 1. The highest BCUT2D eigenvalue weighted by molar-refractivity contribution is 14.0. The van der Waals surface area contributed by atoms with E-state index >= 15 is 0 Å². The Morgan fingerprint density at radius 1 is 1.33 bits per heavy atom. The van der Waals surface area contributed by atoms with Gasteiger partial charge in [-0.05, 0) is 42.8 Å². The molecule has 2 aromatic rings. The van der Waals surface area contributed by atoms with Crippen molar-refractivity contribution in [2.75, 3.05) is 12.4 Å². The number of hydrogen-bond donors (Lipinski definition) is 1. The van der Waals surface area contributed by atoms with E-state index in [9.17, 15) is 4.79 Å². The SMILES string of the molecule is COC(=S)N=Nc1ccc(CCc2csc(NC(C)=O)n2)cc1.I. The summed E-state index contributed by atoms with van der Waals surface area (Å²) in [7, 11) is 1.46. The molecule has 0 fully saturated rings. The Bertz CT molecular complexity index is 717. The van der Waals surface area contributed by atoms with E-state index < -0.39 is 0 Å². The Labute approximate surface area is 166 Å². The molecule has 0 saturated heterocycles. The number of thiazole rings is 1. The molecule has 0 atom stereocenters. The van der Waals surface area contributed by atoms with Gasteiger partial charge in [-0.25, -0.2) is 4.98 Å². The maximum Gasteiger partial charge on any atom is 0.302 e. The van der Waals surface area contributed by atoms with Crippen LogP contribution in [0.1, 0.15) is 18.2 Å². The topological polar surface area (TPSA) is 75.9 Å².